The fraction of sp³-hybridized carbons (Fsp3) is 0.292. The maximum atomic E-state index is 12.9. The van der Waals surface area contributed by atoms with E-state index in [-0.39, 0.29) is 17.2 Å². The SMILES string of the molecule is COc1ccc(CCn2c(C)cc(C(=O)CN(C)S(=O)(=O)c3ccccc3)c2C)cc1. The number of aromatic nitrogens is 1. The molecule has 0 bridgehead atoms. The predicted octanol–water partition coefficient (Wildman–Crippen LogP) is 3.86. The number of hydrogen-bond acceptors (Lipinski definition) is 4. The van der Waals surface area contributed by atoms with Crippen molar-refractivity contribution < 1.29 is 17.9 Å². The van der Waals surface area contributed by atoms with Crippen LogP contribution < -0.4 is 4.74 Å². The van der Waals surface area contributed by atoms with Gasteiger partial charge in [0, 0.05) is 30.5 Å². The number of carbonyl (C=O) groups excluding carboxylic acids is 1. The van der Waals surface area contributed by atoms with E-state index in [4.69, 9.17) is 4.74 Å². The van der Waals surface area contributed by atoms with Gasteiger partial charge < -0.3 is 9.30 Å². The first-order chi connectivity index (χ1) is 14.7. The number of rotatable bonds is 9. The Hall–Kier alpha value is -2.90. The van der Waals surface area contributed by atoms with E-state index in [9.17, 15) is 13.2 Å². The fourth-order valence-electron chi connectivity index (χ4n) is 3.61. The molecule has 0 N–H and O–H groups in total. The highest BCUT2D eigenvalue weighted by Gasteiger charge is 2.25. The summed E-state index contributed by atoms with van der Waals surface area (Å²) in [4.78, 5) is 13.1. The molecule has 0 saturated carbocycles. The molecule has 0 unspecified atom stereocenters. The van der Waals surface area contributed by atoms with E-state index in [2.05, 4.69) is 4.57 Å². The zero-order valence-corrected chi connectivity index (χ0v) is 19.1. The number of hydrogen-bond donors (Lipinski definition) is 0. The van der Waals surface area contributed by atoms with Crippen LogP contribution in [0, 0.1) is 13.8 Å². The Balaban J connectivity index is 1.72. The van der Waals surface area contributed by atoms with Crippen LogP contribution in [-0.4, -0.2) is 43.8 Å². The largest absolute Gasteiger partial charge is 0.497 e. The molecule has 0 spiro atoms. The second kappa shape index (κ2) is 9.49. The molecule has 3 rings (SSSR count). The molecular formula is C24H28N2O4S. The lowest BCUT2D eigenvalue weighted by atomic mass is 10.1. The zero-order chi connectivity index (χ0) is 22.6. The minimum Gasteiger partial charge on any atom is -0.497 e. The Kier molecular flexibility index (Phi) is 6.97. The molecule has 7 heteroatoms. The minimum absolute atomic E-state index is 0.176. The maximum Gasteiger partial charge on any atom is 0.243 e. The number of benzene rings is 2. The summed E-state index contributed by atoms with van der Waals surface area (Å²) in [5.41, 5.74) is 3.56. The summed E-state index contributed by atoms with van der Waals surface area (Å²) < 4.78 is 33.8. The van der Waals surface area contributed by atoms with Gasteiger partial charge in [0.2, 0.25) is 10.0 Å². The average Bonchev–Trinajstić information content (AvgIpc) is 3.06. The fourth-order valence-corrected chi connectivity index (χ4v) is 4.75. The van der Waals surface area contributed by atoms with Gasteiger partial charge in [-0.3, -0.25) is 4.79 Å². The summed E-state index contributed by atoms with van der Waals surface area (Å²) in [5, 5.41) is 0. The molecule has 0 aliphatic carbocycles. The third kappa shape index (κ3) is 5.06. The molecule has 1 aromatic heterocycles. The monoisotopic (exact) mass is 440 g/mol. The lowest BCUT2D eigenvalue weighted by Gasteiger charge is -2.16. The molecule has 0 amide bonds. The van der Waals surface area contributed by atoms with Gasteiger partial charge >= 0.3 is 0 Å². The summed E-state index contributed by atoms with van der Waals surface area (Å²) in [7, 11) is -0.640. The van der Waals surface area contributed by atoms with E-state index in [0.29, 0.717) is 5.56 Å². The van der Waals surface area contributed by atoms with Crippen molar-refractivity contribution in [2.45, 2.75) is 31.7 Å². The van der Waals surface area contributed by atoms with Crippen LogP contribution in [-0.2, 0) is 23.0 Å². The summed E-state index contributed by atoms with van der Waals surface area (Å²) in [5.74, 6) is 0.602. The average molecular weight is 441 g/mol. The number of sulfonamides is 1. The molecule has 0 saturated heterocycles. The van der Waals surface area contributed by atoms with Crippen molar-refractivity contribution in [2.24, 2.45) is 0 Å². The zero-order valence-electron chi connectivity index (χ0n) is 18.3. The van der Waals surface area contributed by atoms with Crippen molar-refractivity contribution in [3.8, 4) is 5.75 Å². The quantitative estimate of drug-likeness (QED) is 0.474. The Morgan fingerprint density at radius 2 is 1.68 bits per heavy atom. The van der Waals surface area contributed by atoms with Gasteiger partial charge in [0.15, 0.2) is 5.78 Å². The third-order valence-electron chi connectivity index (χ3n) is 5.47. The van der Waals surface area contributed by atoms with Crippen molar-refractivity contribution >= 4 is 15.8 Å². The van der Waals surface area contributed by atoms with Gasteiger partial charge in [-0.25, -0.2) is 8.42 Å². The second-order valence-electron chi connectivity index (χ2n) is 7.53. The van der Waals surface area contributed by atoms with Crippen molar-refractivity contribution in [2.75, 3.05) is 20.7 Å². The molecule has 0 aliphatic heterocycles. The lowest BCUT2D eigenvalue weighted by Crippen LogP contribution is -2.32. The Labute approximate surface area is 184 Å². The van der Waals surface area contributed by atoms with E-state index in [1.54, 1.807) is 25.3 Å². The van der Waals surface area contributed by atoms with Crippen molar-refractivity contribution in [1.82, 2.24) is 8.87 Å². The summed E-state index contributed by atoms with van der Waals surface area (Å²) in [6.07, 6.45) is 0.816. The molecule has 3 aromatic rings. The molecule has 0 atom stereocenters. The van der Waals surface area contributed by atoms with Gasteiger partial charge in [-0.1, -0.05) is 30.3 Å². The van der Waals surface area contributed by atoms with Crippen molar-refractivity contribution in [1.29, 1.82) is 0 Å². The van der Waals surface area contributed by atoms with Gasteiger partial charge in [-0.15, -0.1) is 0 Å². The van der Waals surface area contributed by atoms with Crippen LogP contribution in [0.25, 0.3) is 0 Å². The molecule has 1 heterocycles. The molecule has 0 fully saturated rings. The number of ether oxygens (including phenoxy) is 1. The number of nitrogens with zero attached hydrogens (tertiary/aromatic N) is 2. The molecule has 31 heavy (non-hydrogen) atoms. The van der Waals surface area contributed by atoms with Crippen molar-refractivity contribution in [3.05, 3.63) is 83.2 Å². The highest BCUT2D eigenvalue weighted by Crippen LogP contribution is 2.20. The molecule has 0 radical (unpaired) electrons. The lowest BCUT2D eigenvalue weighted by molar-refractivity contribution is 0.0972. The first-order valence-corrected chi connectivity index (χ1v) is 11.5. The standard InChI is InChI=1S/C24H28N2O4S/c1-18-16-23(19(2)26(18)15-14-20-10-12-21(30-4)13-11-20)24(27)17-25(3)31(28,29)22-8-6-5-7-9-22/h5-13,16H,14-15,17H2,1-4H3. The normalized spacial score (nSPS) is 11.6. The predicted molar refractivity (Wildman–Crippen MR) is 121 cm³/mol. The highest BCUT2D eigenvalue weighted by atomic mass is 32.2. The number of ketones is 1. The number of Topliss-reactive ketones (excluding diaryl/α,β-unsaturated/α-hetero) is 1. The Bertz CT molecular complexity index is 1150. The molecular weight excluding hydrogens is 412 g/mol. The van der Waals surface area contributed by atoms with Crippen LogP contribution in [0.15, 0.2) is 65.6 Å². The Morgan fingerprint density at radius 1 is 1.03 bits per heavy atom. The molecule has 0 aliphatic rings. The summed E-state index contributed by atoms with van der Waals surface area (Å²) in [6, 6.07) is 17.9. The number of carbonyl (C=O) groups is 1. The molecule has 6 nitrogen and oxygen atoms in total. The van der Waals surface area contributed by atoms with E-state index < -0.39 is 10.0 Å². The van der Waals surface area contributed by atoms with E-state index in [0.717, 1.165) is 34.4 Å². The van der Waals surface area contributed by atoms with Gasteiger partial charge in [0.05, 0.1) is 18.6 Å². The highest BCUT2D eigenvalue weighted by molar-refractivity contribution is 7.89. The van der Waals surface area contributed by atoms with Crippen LogP contribution >= 0.6 is 0 Å². The maximum absolute atomic E-state index is 12.9. The minimum atomic E-state index is -3.71. The van der Waals surface area contributed by atoms with Crippen LogP contribution in [0.5, 0.6) is 5.75 Å². The van der Waals surface area contributed by atoms with Crippen molar-refractivity contribution in [3.63, 3.8) is 0 Å². The first kappa shape index (κ1) is 22.8. The van der Waals surface area contributed by atoms with Crippen LogP contribution in [0.1, 0.15) is 27.3 Å². The van der Waals surface area contributed by atoms with E-state index in [1.165, 1.54) is 24.7 Å². The van der Waals surface area contributed by atoms with E-state index >= 15 is 0 Å². The number of methoxy groups -OCH3 is 1. The number of aryl methyl sites for hydroxylation is 2. The topological polar surface area (TPSA) is 68.6 Å². The van der Waals surface area contributed by atoms with Crippen LogP contribution in [0.3, 0.4) is 0 Å². The van der Waals surface area contributed by atoms with Gasteiger partial charge in [-0.05, 0) is 56.2 Å². The number of likely N-dealkylation sites (N-methyl/N-ethyl adjacent to an activating group) is 1. The van der Waals surface area contributed by atoms with Crippen LogP contribution in [0.4, 0.5) is 0 Å². The first-order valence-electron chi connectivity index (χ1n) is 10.1. The van der Waals surface area contributed by atoms with E-state index in [1.807, 2.05) is 44.2 Å². The smallest absolute Gasteiger partial charge is 0.243 e. The molecule has 2 aromatic carbocycles. The summed E-state index contributed by atoms with van der Waals surface area (Å²) >= 11 is 0. The summed E-state index contributed by atoms with van der Waals surface area (Å²) in [6.45, 7) is 4.39. The molecule has 164 valence electrons. The second-order valence-corrected chi connectivity index (χ2v) is 9.58. The van der Waals surface area contributed by atoms with Gasteiger partial charge in [-0.2, -0.15) is 4.31 Å². The third-order valence-corrected chi connectivity index (χ3v) is 7.29. The van der Waals surface area contributed by atoms with Crippen LogP contribution in [0.2, 0.25) is 0 Å². The van der Waals surface area contributed by atoms with Gasteiger partial charge in [0.25, 0.3) is 0 Å². The Morgan fingerprint density at radius 3 is 2.29 bits per heavy atom. The van der Waals surface area contributed by atoms with Gasteiger partial charge in [0.1, 0.15) is 5.75 Å².